The van der Waals surface area contributed by atoms with Crippen molar-refractivity contribution in [2.45, 2.75) is 13.8 Å². The molecule has 0 saturated carbocycles. The van der Waals surface area contributed by atoms with E-state index in [-0.39, 0.29) is 11.3 Å². The summed E-state index contributed by atoms with van der Waals surface area (Å²) in [7, 11) is 0. The molecule has 2 N–H and O–H groups in total. The van der Waals surface area contributed by atoms with Crippen LogP contribution in [-0.4, -0.2) is 30.4 Å². The predicted molar refractivity (Wildman–Crippen MR) is 99.6 cm³/mol. The summed E-state index contributed by atoms with van der Waals surface area (Å²) < 4.78 is 11.7. The van der Waals surface area contributed by atoms with Gasteiger partial charge in [0.25, 0.3) is 5.91 Å². The molecule has 0 radical (unpaired) electrons. The number of ether oxygens (including phenoxy) is 2. The van der Waals surface area contributed by atoms with E-state index in [0.717, 1.165) is 0 Å². The Labute approximate surface area is 154 Å². The Morgan fingerprint density at radius 2 is 1.96 bits per heavy atom. The molecule has 0 aliphatic heterocycles. The first-order valence-electron chi connectivity index (χ1n) is 7.76. The average Bonchev–Trinajstić information content (AvgIpc) is 2.59. The maximum absolute atomic E-state index is 12.1. The Balaban J connectivity index is 2.13. The average molecular weight is 407 g/mol. The molecule has 7 heteroatoms. The number of hydrogen-bond acceptors (Lipinski definition) is 5. The number of carbonyl (C=O) groups is 1. The topological polar surface area (TPSA) is 80.2 Å². The van der Waals surface area contributed by atoms with E-state index in [9.17, 15) is 9.90 Å². The van der Waals surface area contributed by atoms with E-state index in [4.69, 9.17) is 9.47 Å². The third-order valence-corrected chi connectivity index (χ3v) is 3.66. The molecule has 0 bridgehead atoms. The van der Waals surface area contributed by atoms with E-state index >= 15 is 0 Å². The number of amides is 1. The van der Waals surface area contributed by atoms with Crippen LogP contribution in [0.5, 0.6) is 17.2 Å². The molecule has 0 unspecified atom stereocenters. The number of phenols is 1. The maximum atomic E-state index is 12.1. The van der Waals surface area contributed by atoms with Gasteiger partial charge >= 0.3 is 0 Å². The van der Waals surface area contributed by atoms with Crippen LogP contribution < -0.4 is 14.9 Å². The maximum Gasteiger partial charge on any atom is 0.275 e. The molecule has 0 aliphatic rings. The highest BCUT2D eigenvalue weighted by Gasteiger charge is 2.11. The summed E-state index contributed by atoms with van der Waals surface area (Å²) in [6, 6.07) is 9.96. The number of phenolic OH excluding ortho intramolecular Hbond substituents is 1. The fraction of sp³-hybridized carbons (Fsp3) is 0.222. The molecule has 2 aromatic carbocycles. The summed E-state index contributed by atoms with van der Waals surface area (Å²) in [6.07, 6.45) is 1.48. The van der Waals surface area contributed by atoms with Gasteiger partial charge in [0, 0.05) is 16.1 Å². The fourth-order valence-corrected chi connectivity index (χ4v) is 2.43. The Hall–Kier alpha value is -2.54. The zero-order valence-corrected chi connectivity index (χ0v) is 15.5. The molecule has 6 nitrogen and oxygen atoms in total. The van der Waals surface area contributed by atoms with Crippen LogP contribution >= 0.6 is 15.9 Å². The molecule has 25 heavy (non-hydrogen) atoms. The third kappa shape index (κ3) is 5.22. The fourth-order valence-electron chi connectivity index (χ4n) is 2.07. The molecule has 0 heterocycles. The first kappa shape index (κ1) is 18.8. The van der Waals surface area contributed by atoms with Crippen LogP contribution in [0.2, 0.25) is 0 Å². The number of aromatic hydroxyl groups is 1. The van der Waals surface area contributed by atoms with Gasteiger partial charge in [-0.1, -0.05) is 15.9 Å². The lowest BCUT2D eigenvalue weighted by atomic mass is 10.2. The number of benzene rings is 2. The van der Waals surface area contributed by atoms with Gasteiger partial charge in [0.1, 0.15) is 17.2 Å². The van der Waals surface area contributed by atoms with Gasteiger partial charge < -0.3 is 14.6 Å². The molecular formula is C18H19BrN2O4. The van der Waals surface area contributed by atoms with E-state index in [1.807, 2.05) is 13.8 Å². The normalized spacial score (nSPS) is 10.7. The second-order valence-electron chi connectivity index (χ2n) is 4.93. The number of hydrazone groups is 1. The third-order valence-electron chi connectivity index (χ3n) is 3.17. The molecule has 0 fully saturated rings. The van der Waals surface area contributed by atoms with Gasteiger partial charge in [-0.2, -0.15) is 5.10 Å². The van der Waals surface area contributed by atoms with Crippen molar-refractivity contribution in [2.24, 2.45) is 5.10 Å². The van der Waals surface area contributed by atoms with E-state index in [2.05, 4.69) is 26.5 Å². The quantitative estimate of drug-likeness (QED) is 0.542. The molecular weight excluding hydrogens is 388 g/mol. The van der Waals surface area contributed by atoms with E-state index in [1.54, 1.807) is 24.3 Å². The summed E-state index contributed by atoms with van der Waals surface area (Å²) in [6.45, 7) is 4.84. The van der Waals surface area contributed by atoms with Crippen molar-refractivity contribution in [1.82, 2.24) is 5.43 Å². The number of nitrogens with one attached hydrogen (secondary N) is 1. The zero-order chi connectivity index (χ0) is 18.2. The second-order valence-corrected chi connectivity index (χ2v) is 5.84. The van der Waals surface area contributed by atoms with Crippen LogP contribution in [0, 0.1) is 0 Å². The number of nitrogens with zero attached hydrogens (tertiary/aromatic N) is 1. The highest BCUT2D eigenvalue weighted by atomic mass is 79.9. The Morgan fingerprint density at radius 3 is 2.68 bits per heavy atom. The highest BCUT2D eigenvalue weighted by Crippen LogP contribution is 2.24. The predicted octanol–water partition coefficient (Wildman–Crippen LogP) is 3.72. The van der Waals surface area contributed by atoms with Crippen molar-refractivity contribution in [3.05, 3.63) is 52.0 Å². The van der Waals surface area contributed by atoms with Gasteiger partial charge in [-0.15, -0.1) is 0 Å². The Bertz CT molecular complexity index is 778. The van der Waals surface area contributed by atoms with Gasteiger partial charge in [-0.05, 0) is 44.2 Å². The molecule has 1 amide bonds. The van der Waals surface area contributed by atoms with Crippen molar-refractivity contribution in [3.8, 4) is 17.2 Å². The lowest BCUT2D eigenvalue weighted by Gasteiger charge is -2.10. The van der Waals surface area contributed by atoms with Crippen molar-refractivity contribution < 1.29 is 19.4 Å². The van der Waals surface area contributed by atoms with Gasteiger partial charge in [-0.3, -0.25) is 4.79 Å². The molecule has 0 aliphatic carbocycles. The van der Waals surface area contributed by atoms with Gasteiger partial charge in [0.15, 0.2) is 0 Å². The number of rotatable bonds is 7. The van der Waals surface area contributed by atoms with Crippen LogP contribution in [0.4, 0.5) is 0 Å². The molecule has 0 atom stereocenters. The monoisotopic (exact) mass is 406 g/mol. The summed E-state index contributed by atoms with van der Waals surface area (Å²) in [5.41, 5.74) is 3.21. The van der Waals surface area contributed by atoms with Crippen LogP contribution in [-0.2, 0) is 0 Å². The minimum Gasteiger partial charge on any atom is -0.507 e. The van der Waals surface area contributed by atoms with Gasteiger partial charge in [0.2, 0.25) is 0 Å². The first-order chi connectivity index (χ1) is 12.0. The molecule has 0 spiro atoms. The second kappa shape index (κ2) is 9.08. The Morgan fingerprint density at radius 1 is 1.20 bits per heavy atom. The van der Waals surface area contributed by atoms with E-state index in [0.29, 0.717) is 34.7 Å². The molecule has 0 aromatic heterocycles. The van der Waals surface area contributed by atoms with Crippen LogP contribution in [0.1, 0.15) is 29.8 Å². The molecule has 2 rings (SSSR count). The molecule has 2 aromatic rings. The van der Waals surface area contributed by atoms with Crippen LogP contribution in [0.15, 0.2) is 46.0 Å². The highest BCUT2D eigenvalue weighted by molar-refractivity contribution is 9.10. The molecule has 0 saturated heterocycles. The first-order valence-corrected chi connectivity index (χ1v) is 8.56. The standard InChI is InChI=1S/C18H19BrN2O4/c1-3-24-14-7-5-12(17(10-14)25-4-2)11-20-21-18(23)15-9-13(19)6-8-16(15)22/h5-11,22H,3-4H2,1-2H3,(H,21,23)/b20-11-. The zero-order valence-electron chi connectivity index (χ0n) is 14.0. The minimum absolute atomic E-state index is 0.119. The summed E-state index contributed by atoms with van der Waals surface area (Å²) in [5.74, 6) is 0.675. The van der Waals surface area contributed by atoms with E-state index < -0.39 is 5.91 Å². The smallest absolute Gasteiger partial charge is 0.275 e. The van der Waals surface area contributed by atoms with Crippen LogP contribution in [0.3, 0.4) is 0 Å². The van der Waals surface area contributed by atoms with E-state index in [1.165, 1.54) is 18.3 Å². The summed E-state index contributed by atoms with van der Waals surface area (Å²) in [5, 5.41) is 13.7. The number of carbonyl (C=O) groups excluding carboxylic acids is 1. The largest absolute Gasteiger partial charge is 0.507 e. The van der Waals surface area contributed by atoms with Gasteiger partial charge in [0.05, 0.1) is 25.0 Å². The summed E-state index contributed by atoms with van der Waals surface area (Å²) >= 11 is 3.26. The Kier molecular flexibility index (Phi) is 6.82. The van der Waals surface area contributed by atoms with Crippen molar-refractivity contribution in [1.29, 1.82) is 0 Å². The number of halogens is 1. The van der Waals surface area contributed by atoms with Gasteiger partial charge in [-0.25, -0.2) is 5.43 Å². The lowest BCUT2D eigenvalue weighted by molar-refractivity contribution is 0.0952. The van der Waals surface area contributed by atoms with Crippen molar-refractivity contribution in [3.63, 3.8) is 0 Å². The lowest BCUT2D eigenvalue weighted by Crippen LogP contribution is -2.17. The summed E-state index contributed by atoms with van der Waals surface area (Å²) in [4.78, 5) is 12.1. The number of hydrogen-bond donors (Lipinski definition) is 2. The van der Waals surface area contributed by atoms with Crippen molar-refractivity contribution >= 4 is 28.1 Å². The van der Waals surface area contributed by atoms with Crippen LogP contribution in [0.25, 0.3) is 0 Å². The SMILES string of the molecule is CCOc1ccc(/C=N\NC(=O)c2cc(Br)ccc2O)c(OCC)c1. The minimum atomic E-state index is -0.515. The van der Waals surface area contributed by atoms with Crippen molar-refractivity contribution in [2.75, 3.05) is 13.2 Å². The molecule has 132 valence electrons.